The summed E-state index contributed by atoms with van der Waals surface area (Å²) in [5.74, 6) is -0.0133. The fraction of sp³-hybridized carbons (Fsp3) is 0.464. The molecule has 1 aliphatic rings. The maximum Gasteiger partial charge on any atom is 0.407 e. The molecule has 0 spiro atoms. The number of ether oxygens (including phenoxy) is 1. The van der Waals surface area contributed by atoms with E-state index >= 15 is 0 Å². The van der Waals surface area contributed by atoms with Gasteiger partial charge in [-0.2, -0.15) is 5.26 Å². The molecule has 2 N–H and O–H groups in total. The molecule has 1 fully saturated rings. The van der Waals surface area contributed by atoms with Gasteiger partial charge in [-0.25, -0.2) is 4.79 Å². The molecule has 2 aromatic carbocycles. The number of rotatable bonds is 10. The van der Waals surface area contributed by atoms with Gasteiger partial charge in [0.2, 0.25) is 5.91 Å². The SMILES string of the molecule is CC(CCOC(=O)NCc1ccccc1)CC(=O)N(Cc1ccccc1)C1(C#N)CCCNCC1. The van der Waals surface area contributed by atoms with Gasteiger partial charge < -0.3 is 20.3 Å². The number of nitriles is 1. The van der Waals surface area contributed by atoms with E-state index in [0.29, 0.717) is 45.3 Å². The van der Waals surface area contributed by atoms with Crippen LogP contribution in [0.25, 0.3) is 0 Å². The highest BCUT2D eigenvalue weighted by Crippen LogP contribution is 2.30. The minimum Gasteiger partial charge on any atom is -0.450 e. The molecule has 1 saturated heterocycles. The van der Waals surface area contributed by atoms with Crippen molar-refractivity contribution in [2.45, 2.75) is 57.7 Å². The van der Waals surface area contributed by atoms with E-state index in [4.69, 9.17) is 4.74 Å². The topological polar surface area (TPSA) is 94.5 Å². The van der Waals surface area contributed by atoms with Crippen molar-refractivity contribution < 1.29 is 14.3 Å². The first kappa shape index (κ1) is 26.2. The largest absolute Gasteiger partial charge is 0.450 e. The molecule has 1 aliphatic heterocycles. The second-order valence-electron chi connectivity index (χ2n) is 9.29. The van der Waals surface area contributed by atoms with Crippen LogP contribution in [0.3, 0.4) is 0 Å². The molecule has 2 aromatic rings. The molecular formula is C28H36N4O3. The Bertz CT molecular complexity index is 967. The lowest BCUT2D eigenvalue weighted by Crippen LogP contribution is -2.51. The van der Waals surface area contributed by atoms with Crippen molar-refractivity contribution in [3.63, 3.8) is 0 Å². The van der Waals surface area contributed by atoms with Gasteiger partial charge >= 0.3 is 6.09 Å². The van der Waals surface area contributed by atoms with Crippen LogP contribution in [0.4, 0.5) is 4.79 Å². The molecule has 7 nitrogen and oxygen atoms in total. The van der Waals surface area contributed by atoms with Crippen molar-refractivity contribution in [1.29, 1.82) is 5.26 Å². The normalized spacial score (nSPS) is 18.5. The number of nitrogens with zero attached hydrogens (tertiary/aromatic N) is 2. The summed E-state index contributed by atoms with van der Waals surface area (Å²) in [7, 11) is 0. The Hall–Kier alpha value is -3.37. The van der Waals surface area contributed by atoms with E-state index in [-0.39, 0.29) is 18.4 Å². The van der Waals surface area contributed by atoms with E-state index in [1.807, 2.05) is 67.6 Å². The average Bonchev–Trinajstić information content (AvgIpc) is 3.13. The Morgan fingerprint density at radius 2 is 1.77 bits per heavy atom. The lowest BCUT2D eigenvalue weighted by molar-refractivity contribution is -0.138. The first-order valence-corrected chi connectivity index (χ1v) is 12.4. The van der Waals surface area contributed by atoms with Crippen LogP contribution in [0.5, 0.6) is 0 Å². The molecule has 35 heavy (non-hydrogen) atoms. The Balaban J connectivity index is 1.55. The Morgan fingerprint density at radius 3 is 2.46 bits per heavy atom. The second-order valence-corrected chi connectivity index (χ2v) is 9.29. The molecule has 2 unspecified atom stereocenters. The number of carbonyl (C=O) groups is 2. The van der Waals surface area contributed by atoms with E-state index < -0.39 is 11.6 Å². The molecule has 0 aliphatic carbocycles. The summed E-state index contributed by atoms with van der Waals surface area (Å²) >= 11 is 0. The molecule has 0 bridgehead atoms. The van der Waals surface area contributed by atoms with Crippen LogP contribution in [-0.2, 0) is 22.6 Å². The molecule has 2 atom stereocenters. The Labute approximate surface area is 208 Å². The summed E-state index contributed by atoms with van der Waals surface area (Å²) < 4.78 is 5.31. The minimum atomic E-state index is -0.816. The average molecular weight is 477 g/mol. The zero-order chi connectivity index (χ0) is 24.9. The van der Waals surface area contributed by atoms with Crippen LogP contribution >= 0.6 is 0 Å². The van der Waals surface area contributed by atoms with Crippen molar-refractivity contribution in [3.8, 4) is 6.07 Å². The number of carbonyl (C=O) groups excluding carboxylic acids is 2. The third-order valence-electron chi connectivity index (χ3n) is 6.52. The lowest BCUT2D eigenvalue weighted by atomic mass is 9.88. The third kappa shape index (κ3) is 8.11. The van der Waals surface area contributed by atoms with Crippen molar-refractivity contribution in [2.24, 2.45) is 5.92 Å². The maximum absolute atomic E-state index is 13.5. The molecule has 2 amide bonds. The van der Waals surface area contributed by atoms with Crippen LogP contribution in [-0.4, -0.2) is 42.1 Å². The molecule has 7 heteroatoms. The highest BCUT2D eigenvalue weighted by molar-refractivity contribution is 5.78. The van der Waals surface area contributed by atoms with Crippen LogP contribution in [0.1, 0.15) is 50.2 Å². The Kier molecular flexibility index (Phi) is 10.1. The lowest BCUT2D eigenvalue weighted by Gasteiger charge is -2.39. The third-order valence-corrected chi connectivity index (χ3v) is 6.52. The minimum absolute atomic E-state index is 0.0161. The van der Waals surface area contributed by atoms with Gasteiger partial charge in [-0.05, 0) is 55.8 Å². The van der Waals surface area contributed by atoms with Crippen LogP contribution in [0, 0.1) is 17.2 Å². The van der Waals surface area contributed by atoms with Crippen LogP contribution in [0.2, 0.25) is 0 Å². The summed E-state index contributed by atoms with van der Waals surface area (Å²) in [4.78, 5) is 27.3. The van der Waals surface area contributed by atoms with E-state index in [1.165, 1.54) is 0 Å². The number of alkyl carbamates (subject to hydrolysis) is 1. The predicted octanol–water partition coefficient (Wildman–Crippen LogP) is 4.39. The van der Waals surface area contributed by atoms with Gasteiger partial charge in [-0.15, -0.1) is 0 Å². The smallest absolute Gasteiger partial charge is 0.407 e. The quantitative estimate of drug-likeness (QED) is 0.530. The molecule has 1 heterocycles. The summed E-state index contributed by atoms with van der Waals surface area (Å²) in [6, 6.07) is 22.0. The van der Waals surface area contributed by atoms with Crippen molar-refractivity contribution in [3.05, 3.63) is 71.8 Å². The summed E-state index contributed by atoms with van der Waals surface area (Å²) in [6.45, 7) is 4.62. The first-order chi connectivity index (χ1) is 17.0. The number of amides is 2. The molecule has 3 rings (SSSR count). The van der Waals surface area contributed by atoms with Crippen LogP contribution in [0.15, 0.2) is 60.7 Å². The fourth-order valence-electron chi connectivity index (χ4n) is 4.42. The highest BCUT2D eigenvalue weighted by Gasteiger charge is 2.40. The number of hydrogen-bond donors (Lipinski definition) is 2. The van der Waals surface area contributed by atoms with Gasteiger partial charge in [0.05, 0.1) is 12.7 Å². The van der Waals surface area contributed by atoms with Gasteiger partial charge in [0.15, 0.2) is 0 Å². The van der Waals surface area contributed by atoms with Gasteiger partial charge in [0.1, 0.15) is 5.54 Å². The number of nitrogens with one attached hydrogen (secondary N) is 2. The van der Waals surface area contributed by atoms with Crippen molar-refractivity contribution in [1.82, 2.24) is 15.5 Å². The standard InChI is InChI=1S/C28H36N4O3/c1-23(13-18-35-27(34)31-20-24-9-4-2-5-10-24)19-26(33)32(21-25-11-6-3-7-12-25)28(22-29)14-8-16-30-17-15-28/h2-7,9-12,23,30H,8,13-21H2,1H3,(H,31,34). The molecular weight excluding hydrogens is 440 g/mol. The van der Waals surface area contributed by atoms with E-state index in [2.05, 4.69) is 16.7 Å². The molecule has 0 radical (unpaired) electrons. The fourth-order valence-corrected chi connectivity index (χ4v) is 4.42. The number of benzene rings is 2. The van der Waals surface area contributed by atoms with Crippen molar-refractivity contribution in [2.75, 3.05) is 19.7 Å². The van der Waals surface area contributed by atoms with Crippen LogP contribution < -0.4 is 10.6 Å². The Morgan fingerprint density at radius 1 is 1.09 bits per heavy atom. The van der Waals surface area contributed by atoms with E-state index in [0.717, 1.165) is 24.1 Å². The summed E-state index contributed by atoms with van der Waals surface area (Å²) in [5, 5.41) is 16.3. The molecule has 0 saturated carbocycles. The van der Waals surface area contributed by atoms with E-state index in [9.17, 15) is 14.9 Å². The summed E-state index contributed by atoms with van der Waals surface area (Å²) in [6.07, 6.45) is 2.54. The maximum atomic E-state index is 13.5. The predicted molar refractivity (Wildman–Crippen MR) is 135 cm³/mol. The monoisotopic (exact) mass is 476 g/mol. The first-order valence-electron chi connectivity index (χ1n) is 12.4. The van der Waals surface area contributed by atoms with Gasteiger partial charge in [-0.3, -0.25) is 4.79 Å². The second kappa shape index (κ2) is 13.5. The van der Waals surface area contributed by atoms with E-state index in [1.54, 1.807) is 4.90 Å². The summed E-state index contributed by atoms with van der Waals surface area (Å²) in [5.41, 5.74) is 1.20. The molecule has 186 valence electrons. The highest BCUT2D eigenvalue weighted by atomic mass is 16.5. The number of hydrogen-bond acceptors (Lipinski definition) is 5. The van der Waals surface area contributed by atoms with Gasteiger partial charge in [-0.1, -0.05) is 67.6 Å². The zero-order valence-corrected chi connectivity index (χ0v) is 20.5. The zero-order valence-electron chi connectivity index (χ0n) is 20.5. The van der Waals surface area contributed by atoms with Crippen molar-refractivity contribution >= 4 is 12.0 Å². The van der Waals surface area contributed by atoms with Gasteiger partial charge in [0.25, 0.3) is 0 Å². The van der Waals surface area contributed by atoms with Gasteiger partial charge in [0, 0.05) is 19.5 Å². The molecule has 0 aromatic heterocycles.